The van der Waals surface area contributed by atoms with Gasteiger partial charge in [-0.3, -0.25) is 0 Å². The van der Waals surface area contributed by atoms with Gasteiger partial charge in [-0.15, -0.1) is 11.3 Å². The molecule has 1 aromatic heterocycles. The Morgan fingerprint density at radius 2 is 2.17 bits per heavy atom. The lowest BCUT2D eigenvalue weighted by molar-refractivity contribution is 0.0697. The first-order chi connectivity index (χ1) is 8.56. The lowest BCUT2D eigenvalue weighted by atomic mass is 10.2. The van der Waals surface area contributed by atoms with E-state index in [0.717, 1.165) is 8.66 Å². The highest BCUT2D eigenvalue weighted by Crippen LogP contribution is 2.25. The van der Waals surface area contributed by atoms with E-state index in [4.69, 9.17) is 15.6 Å². The van der Waals surface area contributed by atoms with Crippen molar-refractivity contribution in [2.24, 2.45) is 0 Å². The molecule has 2 rings (SSSR count). The Hall–Kier alpha value is -1.53. The van der Waals surface area contributed by atoms with Crippen molar-refractivity contribution < 1.29 is 14.6 Å². The third-order valence-electron chi connectivity index (χ3n) is 2.27. The topological polar surface area (TPSA) is 72.5 Å². The van der Waals surface area contributed by atoms with E-state index in [1.807, 2.05) is 12.1 Å². The minimum Gasteiger partial charge on any atom is -0.488 e. The summed E-state index contributed by atoms with van der Waals surface area (Å²) in [7, 11) is 0. The first kappa shape index (κ1) is 12.9. The molecule has 18 heavy (non-hydrogen) atoms. The highest BCUT2D eigenvalue weighted by Gasteiger charge is 2.09. The Labute approximate surface area is 116 Å². The minimum atomic E-state index is -1.06. The minimum absolute atomic E-state index is 0.0554. The first-order valence-corrected chi connectivity index (χ1v) is 6.67. The van der Waals surface area contributed by atoms with Crippen LogP contribution in [0.2, 0.25) is 0 Å². The van der Waals surface area contributed by atoms with Crippen LogP contribution >= 0.6 is 27.3 Å². The van der Waals surface area contributed by atoms with E-state index < -0.39 is 5.97 Å². The van der Waals surface area contributed by atoms with E-state index in [1.54, 1.807) is 17.4 Å². The van der Waals surface area contributed by atoms with Crippen LogP contribution in [0.4, 0.5) is 5.69 Å². The third kappa shape index (κ3) is 3.02. The van der Waals surface area contributed by atoms with Gasteiger partial charge in [-0.1, -0.05) is 0 Å². The van der Waals surface area contributed by atoms with Gasteiger partial charge in [-0.25, -0.2) is 4.79 Å². The summed E-state index contributed by atoms with van der Waals surface area (Å²) in [6, 6.07) is 8.51. The van der Waals surface area contributed by atoms with Gasteiger partial charge in [0.2, 0.25) is 0 Å². The zero-order chi connectivity index (χ0) is 13.1. The maximum absolute atomic E-state index is 10.9. The second-order valence-electron chi connectivity index (χ2n) is 3.55. The van der Waals surface area contributed by atoms with Gasteiger partial charge in [0.1, 0.15) is 12.4 Å². The molecular weight excluding hydrogens is 318 g/mol. The molecule has 0 saturated carbocycles. The molecule has 3 N–H and O–H groups in total. The van der Waals surface area contributed by atoms with Gasteiger partial charge in [-0.2, -0.15) is 0 Å². The van der Waals surface area contributed by atoms with Crippen molar-refractivity contribution in [1.29, 1.82) is 0 Å². The average molecular weight is 328 g/mol. The molecule has 0 atom stereocenters. The summed E-state index contributed by atoms with van der Waals surface area (Å²) in [5.41, 5.74) is 5.85. The van der Waals surface area contributed by atoms with E-state index in [1.165, 1.54) is 12.1 Å². The Kier molecular flexibility index (Phi) is 3.88. The van der Waals surface area contributed by atoms with E-state index in [0.29, 0.717) is 12.4 Å². The number of thiophene rings is 1. The van der Waals surface area contributed by atoms with Crippen molar-refractivity contribution in [3.05, 3.63) is 44.6 Å². The number of benzene rings is 1. The molecule has 0 spiro atoms. The molecule has 0 fully saturated rings. The predicted molar refractivity (Wildman–Crippen MR) is 74.2 cm³/mol. The molecule has 0 saturated heterocycles. The maximum atomic E-state index is 10.9. The molecule has 0 radical (unpaired) electrons. The predicted octanol–water partition coefficient (Wildman–Crippen LogP) is 3.37. The fraction of sp³-hybridized carbons (Fsp3) is 0.0833. The number of rotatable bonds is 4. The summed E-state index contributed by atoms with van der Waals surface area (Å²) in [5.74, 6) is -0.567. The summed E-state index contributed by atoms with van der Waals surface area (Å²) >= 11 is 4.94. The van der Waals surface area contributed by atoms with Crippen molar-refractivity contribution >= 4 is 38.9 Å². The van der Waals surface area contributed by atoms with Gasteiger partial charge >= 0.3 is 5.97 Å². The monoisotopic (exact) mass is 327 g/mol. The van der Waals surface area contributed by atoms with Crippen molar-refractivity contribution in [3.63, 3.8) is 0 Å². The van der Waals surface area contributed by atoms with Crippen LogP contribution in [0, 0.1) is 0 Å². The van der Waals surface area contributed by atoms with Gasteiger partial charge in [0.15, 0.2) is 0 Å². The summed E-state index contributed by atoms with van der Waals surface area (Å²) in [5, 5.41) is 8.94. The number of halogens is 1. The van der Waals surface area contributed by atoms with E-state index in [9.17, 15) is 4.79 Å². The van der Waals surface area contributed by atoms with E-state index >= 15 is 0 Å². The lowest BCUT2D eigenvalue weighted by Crippen LogP contribution is -2.03. The molecule has 0 aliphatic rings. The van der Waals surface area contributed by atoms with Crippen LogP contribution in [0.1, 0.15) is 15.2 Å². The van der Waals surface area contributed by atoms with Crippen LogP contribution in [-0.2, 0) is 6.61 Å². The number of carboxylic acids is 1. The standard InChI is InChI=1S/C12H10BrNO3S/c13-11-4-2-8(18-11)6-17-7-1-3-10(14)9(5-7)12(15)16/h1-5H,6,14H2,(H,15,16). The highest BCUT2D eigenvalue weighted by molar-refractivity contribution is 9.11. The molecule has 1 heterocycles. The van der Waals surface area contributed by atoms with Gasteiger partial charge in [0.05, 0.1) is 9.35 Å². The number of nitrogens with two attached hydrogens (primary N) is 1. The molecule has 94 valence electrons. The molecular formula is C12H10BrNO3S. The van der Waals surface area contributed by atoms with Crippen LogP contribution in [0.5, 0.6) is 5.75 Å². The van der Waals surface area contributed by atoms with Gasteiger partial charge in [0.25, 0.3) is 0 Å². The Balaban J connectivity index is 2.10. The first-order valence-electron chi connectivity index (χ1n) is 5.06. The SMILES string of the molecule is Nc1ccc(OCc2ccc(Br)s2)cc1C(=O)O. The quantitative estimate of drug-likeness (QED) is 0.844. The summed E-state index contributed by atoms with van der Waals surface area (Å²) in [6.45, 7) is 0.402. The second-order valence-corrected chi connectivity index (χ2v) is 6.10. The van der Waals surface area contributed by atoms with Crippen molar-refractivity contribution in [2.75, 3.05) is 5.73 Å². The second kappa shape index (κ2) is 5.41. The molecule has 0 aliphatic carbocycles. The fourth-order valence-corrected chi connectivity index (χ4v) is 2.79. The summed E-state index contributed by atoms with van der Waals surface area (Å²) in [6.07, 6.45) is 0. The number of hydrogen-bond acceptors (Lipinski definition) is 4. The molecule has 6 heteroatoms. The number of nitrogen functional groups attached to an aromatic ring is 1. The largest absolute Gasteiger partial charge is 0.488 e. The van der Waals surface area contributed by atoms with E-state index in [-0.39, 0.29) is 11.3 Å². The number of carboxylic acid groups (broad SMARTS) is 1. The zero-order valence-electron chi connectivity index (χ0n) is 9.22. The van der Waals surface area contributed by atoms with E-state index in [2.05, 4.69) is 15.9 Å². The lowest BCUT2D eigenvalue weighted by Gasteiger charge is -2.07. The van der Waals surface area contributed by atoms with Crippen LogP contribution in [0.25, 0.3) is 0 Å². The zero-order valence-corrected chi connectivity index (χ0v) is 11.6. The molecule has 1 aromatic carbocycles. The number of aromatic carboxylic acids is 1. The highest BCUT2D eigenvalue weighted by atomic mass is 79.9. The van der Waals surface area contributed by atoms with Crippen LogP contribution in [0.3, 0.4) is 0 Å². The van der Waals surface area contributed by atoms with Crippen molar-refractivity contribution in [2.45, 2.75) is 6.61 Å². The van der Waals surface area contributed by atoms with Gasteiger partial charge in [0, 0.05) is 10.6 Å². The van der Waals surface area contributed by atoms with Gasteiger partial charge < -0.3 is 15.6 Å². The van der Waals surface area contributed by atoms with Crippen LogP contribution in [0.15, 0.2) is 34.1 Å². The van der Waals surface area contributed by atoms with Crippen LogP contribution in [-0.4, -0.2) is 11.1 Å². The van der Waals surface area contributed by atoms with Gasteiger partial charge in [-0.05, 0) is 46.3 Å². The summed E-state index contributed by atoms with van der Waals surface area (Å²) < 4.78 is 6.55. The molecule has 4 nitrogen and oxygen atoms in total. The Morgan fingerprint density at radius 1 is 1.39 bits per heavy atom. The smallest absolute Gasteiger partial charge is 0.337 e. The average Bonchev–Trinajstić information content (AvgIpc) is 2.74. The number of hydrogen-bond donors (Lipinski definition) is 2. The van der Waals surface area contributed by atoms with Crippen molar-refractivity contribution in [3.8, 4) is 5.75 Å². The number of carbonyl (C=O) groups is 1. The molecule has 0 unspecified atom stereocenters. The Bertz CT molecular complexity index is 582. The molecule has 2 aromatic rings. The molecule has 0 aliphatic heterocycles. The van der Waals surface area contributed by atoms with Crippen LogP contribution < -0.4 is 10.5 Å². The summed E-state index contributed by atoms with van der Waals surface area (Å²) in [4.78, 5) is 12.0. The fourth-order valence-electron chi connectivity index (χ4n) is 1.39. The molecule has 0 bridgehead atoms. The Morgan fingerprint density at radius 3 is 2.78 bits per heavy atom. The maximum Gasteiger partial charge on any atom is 0.337 e. The third-order valence-corrected chi connectivity index (χ3v) is 3.86. The van der Waals surface area contributed by atoms with Crippen molar-refractivity contribution in [1.82, 2.24) is 0 Å². The molecule has 0 amide bonds. The number of ether oxygens (including phenoxy) is 1. The number of anilines is 1. The normalized spacial score (nSPS) is 10.3.